The van der Waals surface area contributed by atoms with E-state index in [2.05, 4.69) is 4.98 Å². The first-order valence-electron chi connectivity index (χ1n) is 11.4. The fourth-order valence-electron chi connectivity index (χ4n) is 4.44. The molecule has 2 aromatic heterocycles. The monoisotopic (exact) mass is 595 g/mol. The van der Waals surface area contributed by atoms with Gasteiger partial charge < -0.3 is 14.7 Å². The van der Waals surface area contributed by atoms with Gasteiger partial charge in [-0.15, -0.1) is 11.3 Å². The number of aliphatic hydroxyl groups is 1. The zero-order valence-electron chi connectivity index (χ0n) is 20.3. The minimum atomic E-state index is -6.00. The first kappa shape index (κ1) is 29.1. The first-order valence-corrected chi connectivity index (χ1v) is 13.8. The van der Waals surface area contributed by atoms with E-state index < -0.39 is 39.6 Å². The van der Waals surface area contributed by atoms with Gasteiger partial charge in [0, 0.05) is 49.2 Å². The van der Waals surface area contributed by atoms with Crippen LogP contribution in [0.5, 0.6) is 5.88 Å². The number of ether oxygens (including phenoxy) is 1. The Balaban J connectivity index is 1.68. The predicted molar refractivity (Wildman–Crippen MR) is 131 cm³/mol. The molecule has 39 heavy (non-hydrogen) atoms. The minimum Gasteiger partial charge on any atom is -0.481 e. The van der Waals surface area contributed by atoms with Crippen LogP contribution in [-0.4, -0.2) is 68.0 Å². The Hall–Kier alpha value is -2.88. The summed E-state index contributed by atoms with van der Waals surface area (Å²) in [7, 11) is -2.39. The van der Waals surface area contributed by atoms with Gasteiger partial charge in [-0.3, -0.25) is 0 Å². The number of hydrogen-bond acceptors (Lipinski definition) is 7. The van der Waals surface area contributed by atoms with E-state index >= 15 is 0 Å². The molecule has 1 aliphatic rings. The minimum absolute atomic E-state index is 0.00165. The lowest BCUT2D eigenvalue weighted by Crippen LogP contribution is -2.55. The van der Waals surface area contributed by atoms with Crippen LogP contribution in [0.1, 0.15) is 11.1 Å². The van der Waals surface area contributed by atoms with Crippen molar-refractivity contribution in [1.82, 2.24) is 9.29 Å². The summed E-state index contributed by atoms with van der Waals surface area (Å²) >= 11 is 1.06. The summed E-state index contributed by atoms with van der Waals surface area (Å²) in [5.41, 5.74) is -5.42. The van der Waals surface area contributed by atoms with E-state index in [1.807, 2.05) is 0 Å². The van der Waals surface area contributed by atoms with Gasteiger partial charge in [-0.1, -0.05) is 18.2 Å². The molecular formula is C24H23F6N3O4S2. The van der Waals surface area contributed by atoms with Crippen LogP contribution >= 0.6 is 11.3 Å². The van der Waals surface area contributed by atoms with Crippen LogP contribution in [0, 0.1) is 0 Å². The summed E-state index contributed by atoms with van der Waals surface area (Å²) in [6, 6.07) is 9.17. The van der Waals surface area contributed by atoms with E-state index in [9.17, 15) is 39.9 Å². The summed E-state index contributed by atoms with van der Waals surface area (Å²) < 4.78 is 113. The van der Waals surface area contributed by atoms with Gasteiger partial charge in [-0.25, -0.2) is 13.4 Å². The zero-order chi connectivity index (χ0) is 28.6. The normalized spacial score (nSPS) is 17.8. The topological polar surface area (TPSA) is 83.0 Å². The van der Waals surface area contributed by atoms with E-state index in [-0.39, 0.29) is 36.0 Å². The molecule has 0 spiro atoms. The molecule has 1 aliphatic heterocycles. The van der Waals surface area contributed by atoms with Gasteiger partial charge in [-0.2, -0.15) is 30.6 Å². The Morgan fingerprint density at radius 3 is 2.28 bits per heavy atom. The molecule has 15 heteroatoms. The lowest BCUT2D eigenvalue weighted by molar-refractivity contribution is -0.376. The van der Waals surface area contributed by atoms with Crippen molar-refractivity contribution < 1.29 is 44.6 Å². The molecule has 0 aliphatic carbocycles. The molecule has 7 nitrogen and oxygen atoms in total. The van der Waals surface area contributed by atoms with E-state index in [1.165, 1.54) is 23.7 Å². The number of nitrogens with zero attached hydrogens (tertiary/aromatic N) is 3. The number of piperazine rings is 1. The Labute approximate surface area is 224 Å². The van der Waals surface area contributed by atoms with Gasteiger partial charge >= 0.3 is 12.4 Å². The molecule has 1 N–H and O–H groups in total. The summed E-state index contributed by atoms with van der Waals surface area (Å²) in [6.45, 7) is 0.147. The Morgan fingerprint density at radius 2 is 1.72 bits per heavy atom. The second kappa shape index (κ2) is 10.6. The van der Waals surface area contributed by atoms with Gasteiger partial charge in [0.1, 0.15) is 4.21 Å². The van der Waals surface area contributed by atoms with Crippen molar-refractivity contribution in [3.63, 3.8) is 0 Å². The molecule has 0 saturated carbocycles. The molecule has 1 fully saturated rings. The van der Waals surface area contributed by atoms with Crippen molar-refractivity contribution in [3.8, 4) is 5.88 Å². The second-order valence-corrected chi connectivity index (χ2v) is 11.9. The third kappa shape index (κ3) is 5.58. The Morgan fingerprint density at radius 1 is 1.05 bits per heavy atom. The number of rotatable bonds is 7. The van der Waals surface area contributed by atoms with Gasteiger partial charge in [0.2, 0.25) is 5.88 Å². The molecule has 1 unspecified atom stereocenters. The summed E-state index contributed by atoms with van der Waals surface area (Å²) in [5, 5.41) is 11.3. The maximum absolute atomic E-state index is 13.3. The lowest BCUT2D eigenvalue weighted by Gasteiger charge is -2.42. The number of halogens is 6. The molecule has 1 atom stereocenters. The van der Waals surface area contributed by atoms with Crippen molar-refractivity contribution >= 4 is 27.0 Å². The molecular weight excluding hydrogens is 572 g/mol. The average Bonchev–Trinajstić information content (AvgIpc) is 3.43. The van der Waals surface area contributed by atoms with E-state index in [1.54, 1.807) is 28.5 Å². The first-order chi connectivity index (χ1) is 18.2. The maximum atomic E-state index is 13.3. The smallest absolute Gasteiger partial charge is 0.430 e. The summed E-state index contributed by atoms with van der Waals surface area (Å²) in [6.07, 6.45) is -10.2. The lowest BCUT2D eigenvalue weighted by atomic mass is 9.92. The van der Waals surface area contributed by atoms with Crippen molar-refractivity contribution in [2.45, 2.75) is 34.6 Å². The highest BCUT2D eigenvalue weighted by atomic mass is 32.2. The average molecular weight is 596 g/mol. The molecule has 1 aromatic carbocycles. The maximum Gasteiger partial charge on any atom is 0.430 e. The number of anilines is 1. The van der Waals surface area contributed by atoms with E-state index in [0.29, 0.717) is 18.0 Å². The third-order valence-electron chi connectivity index (χ3n) is 6.45. The van der Waals surface area contributed by atoms with Crippen molar-refractivity contribution in [1.29, 1.82) is 0 Å². The largest absolute Gasteiger partial charge is 0.481 e. The van der Waals surface area contributed by atoms with Crippen LogP contribution in [0.15, 0.2) is 64.3 Å². The number of aromatic nitrogens is 1. The van der Waals surface area contributed by atoms with Crippen LogP contribution in [0.2, 0.25) is 0 Å². The van der Waals surface area contributed by atoms with Gasteiger partial charge in [0.15, 0.2) is 0 Å². The molecule has 3 heterocycles. The highest BCUT2D eigenvalue weighted by Gasteiger charge is 2.71. The number of alkyl halides is 6. The Kier molecular flexibility index (Phi) is 7.91. The highest BCUT2D eigenvalue weighted by Crippen LogP contribution is 2.50. The van der Waals surface area contributed by atoms with Crippen LogP contribution in [0.4, 0.5) is 32.0 Å². The third-order valence-corrected chi connectivity index (χ3v) is 9.69. The number of hydrogen-bond donors (Lipinski definition) is 1. The number of sulfonamides is 1. The predicted octanol–water partition coefficient (Wildman–Crippen LogP) is 4.59. The Bertz CT molecular complexity index is 1370. The van der Waals surface area contributed by atoms with Crippen molar-refractivity contribution in [2.24, 2.45) is 0 Å². The van der Waals surface area contributed by atoms with Crippen molar-refractivity contribution in [3.05, 3.63) is 71.2 Å². The number of thiophene rings is 1. The van der Waals surface area contributed by atoms with Crippen molar-refractivity contribution in [2.75, 3.05) is 31.6 Å². The fourth-order valence-corrected chi connectivity index (χ4v) is 7.05. The zero-order valence-corrected chi connectivity index (χ0v) is 21.9. The number of methoxy groups -OCH3 is 1. The summed E-state index contributed by atoms with van der Waals surface area (Å²) in [5.74, 6) is 0.320. The van der Waals surface area contributed by atoms with Gasteiger partial charge in [0.25, 0.3) is 15.6 Å². The second-order valence-electron chi connectivity index (χ2n) is 8.81. The number of pyridine rings is 1. The van der Waals surface area contributed by atoms with Crippen LogP contribution in [0.3, 0.4) is 0 Å². The SMILES string of the molecule is COc1cc(CC2CN(S(=O)(=O)c3cccs3)CCN2c2ccc(C(O)(C(F)(F)F)C(F)(F)F)cc2)ccn1. The molecule has 3 aromatic rings. The highest BCUT2D eigenvalue weighted by molar-refractivity contribution is 7.91. The van der Waals surface area contributed by atoms with E-state index in [0.717, 1.165) is 29.0 Å². The molecule has 212 valence electrons. The fraction of sp³-hybridized carbons (Fsp3) is 0.375. The van der Waals surface area contributed by atoms with Crippen LogP contribution < -0.4 is 9.64 Å². The van der Waals surface area contributed by atoms with Gasteiger partial charge in [0.05, 0.1) is 7.11 Å². The molecule has 0 radical (unpaired) electrons. The van der Waals surface area contributed by atoms with Gasteiger partial charge in [-0.05, 0) is 41.6 Å². The van der Waals surface area contributed by atoms with E-state index in [4.69, 9.17) is 4.74 Å². The molecule has 4 rings (SSSR count). The number of benzene rings is 1. The standard InChI is InChI=1S/C24H23F6N3O4S2/c1-37-20-14-16(8-9-31-20)13-19-15-32(39(35,36)21-3-2-12-38-21)10-11-33(19)18-6-4-17(5-7-18)22(34,23(25,26)27)24(28,29)30/h2-9,12,14,19,34H,10-11,13,15H2,1H3. The molecule has 0 bridgehead atoms. The molecule has 1 saturated heterocycles. The quantitative estimate of drug-likeness (QED) is 0.403. The summed E-state index contributed by atoms with van der Waals surface area (Å²) in [4.78, 5) is 5.76. The van der Waals surface area contributed by atoms with Crippen LogP contribution in [-0.2, 0) is 22.0 Å². The molecule has 0 amide bonds. The van der Waals surface area contributed by atoms with Crippen LogP contribution in [0.25, 0.3) is 0 Å².